The Bertz CT molecular complexity index is 1020. The molecule has 3 heterocycles. The van der Waals surface area contributed by atoms with Gasteiger partial charge < -0.3 is 19.5 Å². The highest BCUT2D eigenvalue weighted by molar-refractivity contribution is 5.83. The zero-order valence-electron chi connectivity index (χ0n) is 17.9. The van der Waals surface area contributed by atoms with Crippen LogP contribution in [0.4, 0.5) is 0 Å². The number of aromatic nitrogens is 1. The summed E-state index contributed by atoms with van der Waals surface area (Å²) < 4.78 is 7.18. The van der Waals surface area contributed by atoms with Gasteiger partial charge in [-0.3, -0.25) is 14.4 Å². The summed E-state index contributed by atoms with van der Waals surface area (Å²) in [4.78, 5) is 39.0. The number of nitrogens with one attached hydrogen (secondary N) is 1. The highest BCUT2D eigenvalue weighted by Gasteiger charge is 2.36. The predicted molar refractivity (Wildman–Crippen MR) is 117 cm³/mol. The Morgan fingerprint density at radius 2 is 1.90 bits per heavy atom. The molecule has 2 bridgehead atoms. The summed E-state index contributed by atoms with van der Waals surface area (Å²) >= 11 is 0. The Morgan fingerprint density at radius 3 is 2.74 bits per heavy atom. The van der Waals surface area contributed by atoms with Crippen molar-refractivity contribution in [2.75, 3.05) is 26.7 Å². The number of methoxy groups -OCH3 is 1. The lowest BCUT2D eigenvalue weighted by Gasteiger charge is -2.42. The number of para-hydroxylation sites is 1. The van der Waals surface area contributed by atoms with Crippen LogP contribution in [0.25, 0.3) is 0 Å². The number of carbonyl (C=O) groups excluding carboxylic acids is 2. The largest absolute Gasteiger partial charge is 0.496 e. The minimum atomic E-state index is -0.114. The molecule has 1 N–H and O–H groups in total. The van der Waals surface area contributed by atoms with Crippen LogP contribution in [0.3, 0.4) is 0 Å². The van der Waals surface area contributed by atoms with Crippen LogP contribution in [-0.2, 0) is 22.6 Å². The molecule has 164 valence electrons. The van der Waals surface area contributed by atoms with Crippen LogP contribution < -0.4 is 15.6 Å². The number of piperidine rings is 1. The van der Waals surface area contributed by atoms with E-state index < -0.39 is 0 Å². The molecule has 7 heteroatoms. The summed E-state index contributed by atoms with van der Waals surface area (Å²) in [6.07, 6.45) is 2.09. The second-order valence-electron chi connectivity index (χ2n) is 8.41. The average molecular weight is 424 g/mol. The van der Waals surface area contributed by atoms with E-state index in [0.29, 0.717) is 38.5 Å². The molecule has 2 aliphatic heterocycles. The number of pyridine rings is 1. The van der Waals surface area contributed by atoms with Crippen LogP contribution >= 0.6 is 0 Å². The molecule has 2 amide bonds. The normalized spacial score (nSPS) is 19.5. The van der Waals surface area contributed by atoms with Crippen LogP contribution in [0.5, 0.6) is 5.75 Å². The Hall–Kier alpha value is -3.09. The summed E-state index contributed by atoms with van der Waals surface area (Å²) in [6.45, 7) is 2.45. The molecule has 2 aromatic rings. The molecule has 2 aliphatic rings. The molecule has 31 heavy (non-hydrogen) atoms. The first-order valence-electron chi connectivity index (χ1n) is 10.9. The summed E-state index contributed by atoms with van der Waals surface area (Å²) in [6, 6.07) is 13.1. The van der Waals surface area contributed by atoms with Gasteiger partial charge in [-0.2, -0.15) is 0 Å². The van der Waals surface area contributed by atoms with Crippen molar-refractivity contribution in [2.45, 2.75) is 38.1 Å². The van der Waals surface area contributed by atoms with Crippen molar-refractivity contribution >= 4 is 11.8 Å². The smallest absolute Gasteiger partial charge is 0.250 e. The number of amides is 2. The van der Waals surface area contributed by atoms with Gasteiger partial charge in [0.1, 0.15) is 5.75 Å². The lowest BCUT2D eigenvalue weighted by molar-refractivity contribution is -0.136. The highest BCUT2D eigenvalue weighted by Crippen LogP contribution is 2.35. The first kappa shape index (κ1) is 21.2. The van der Waals surface area contributed by atoms with Crippen LogP contribution in [0.15, 0.2) is 47.3 Å². The van der Waals surface area contributed by atoms with E-state index in [0.717, 1.165) is 23.4 Å². The van der Waals surface area contributed by atoms with Crippen molar-refractivity contribution < 1.29 is 14.3 Å². The number of benzene rings is 1. The summed E-state index contributed by atoms with van der Waals surface area (Å²) in [7, 11) is 1.63. The number of carbonyl (C=O) groups is 2. The topological polar surface area (TPSA) is 80.6 Å². The zero-order valence-corrected chi connectivity index (χ0v) is 17.9. The van der Waals surface area contributed by atoms with E-state index in [4.69, 9.17) is 4.74 Å². The molecule has 0 aliphatic carbocycles. The monoisotopic (exact) mass is 423 g/mol. The van der Waals surface area contributed by atoms with Gasteiger partial charge in [-0.1, -0.05) is 24.3 Å². The molecule has 0 radical (unpaired) electrons. The van der Waals surface area contributed by atoms with Crippen LogP contribution in [0.2, 0.25) is 0 Å². The van der Waals surface area contributed by atoms with Gasteiger partial charge in [0.15, 0.2) is 0 Å². The standard InChI is InChI=1S/C24H29N3O4/c1-31-21-7-3-2-5-18(21)11-12-25-22(28)9-10-23(29)26-14-17-13-19(16-26)20-6-4-8-24(30)27(20)15-17/h2-8,17,19H,9-16H2,1H3,(H,25,28)/t17-,19-/m1/s1. The quantitative estimate of drug-likeness (QED) is 0.738. The van der Waals surface area contributed by atoms with Crippen molar-refractivity contribution in [1.29, 1.82) is 0 Å². The lowest BCUT2D eigenvalue weighted by Crippen LogP contribution is -2.49. The SMILES string of the molecule is COc1ccccc1CCNC(=O)CCC(=O)N1C[C@H]2C[C@H](C1)c1cccc(=O)n1C2. The van der Waals surface area contributed by atoms with Gasteiger partial charge >= 0.3 is 0 Å². The zero-order chi connectivity index (χ0) is 21.8. The number of fused-ring (bicyclic) bond motifs is 4. The lowest BCUT2D eigenvalue weighted by atomic mass is 9.83. The molecule has 0 unspecified atom stereocenters. The molecule has 0 saturated carbocycles. The maximum Gasteiger partial charge on any atom is 0.250 e. The minimum absolute atomic E-state index is 0.0151. The second kappa shape index (κ2) is 9.37. The van der Waals surface area contributed by atoms with Gasteiger partial charge in [0, 0.05) is 56.7 Å². The van der Waals surface area contributed by atoms with Gasteiger partial charge in [-0.05, 0) is 36.5 Å². The molecule has 1 aromatic carbocycles. The van der Waals surface area contributed by atoms with Gasteiger partial charge in [0.25, 0.3) is 5.56 Å². The summed E-state index contributed by atoms with van der Waals surface area (Å²) in [5, 5.41) is 2.90. The van der Waals surface area contributed by atoms with Crippen molar-refractivity contribution in [3.05, 3.63) is 64.1 Å². The number of likely N-dealkylation sites (tertiary alicyclic amines) is 1. The maximum atomic E-state index is 12.8. The Balaban J connectivity index is 1.25. The third-order valence-electron chi connectivity index (χ3n) is 6.31. The molecule has 1 fully saturated rings. The van der Waals surface area contributed by atoms with Crippen LogP contribution in [0.1, 0.15) is 36.4 Å². The van der Waals surface area contributed by atoms with E-state index in [1.54, 1.807) is 19.2 Å². The summed E-state index contributed by atoms with van der Waals surface area (Å²) in [5.41, 5.74) is 2.10. The van der Waals surface area contributed by atoms with Gasteiger partial charge in [-0.25, -0.2) is 0 Å². The van der Waals surface area contributed by atoms with E-state index in [9.17, 15) is 14.4 Å². The molecule has 2 atom stereocenters. The van der Waals surface area contributed by atoms with Gasteiger partial charge in [-0.15, -0.1) is 0 Å². The van der Waals surface area contributed by atoms with Gasteiger partial charge in [0.05, 0.1) is 7.11 Å². The van der Waals surface area contributed by atoms with Crippen molar-refractivity contribution in [1.82, 2.24) is 14.8 Å². The molecule has 1 saturated heterocycles. The molecule has 0 spiro atoms. The average Bonchev–Trinajstić information content (AvgIpc) is 2.78. The fraction of sp³-hybridized carbons (Fsp3) is 0.458. The van der Waals surface area contributed by atoms with E-state index in [1.165, 1.54) is 0 Å². The Labute approximate surface area is 182 Å². The Kier molecular flexibility index (Phi) is 6.39. The maximum absolute atomic E-state index is 12.8. The third kappa shape index (κ3) is 4.81. The minimum Gasteiger partial charge on any atom is -0.496 e. The van der Waals surface area contributed by atoms with E-state index in [-0.39, 0.29) is 36.1 Å². The summed E-state index contributed by atoms with van der Waals surface area (Å²) in [5.74, 6) is 1.20. The van der Waals surface area contributed by atoms with Crippen molar-refractivity contribution in [3.8, 4) is 5.75 Å². The second-order valence-corrected chi connectivity index (χ2v) is 8.41. The third-order valence-corrected chi connectivity index (χ3v) is 6.31. The Morgan fingerprint density at radius 1 is 1.06 bits per heavy atom. The van der Waals surface area contributed by atoms with E-state index >= 15 is 0 Å². The number of hydrogen-bond donors (Lipinski definition) is 1. The number of ether oxygens (including phenoxy) is 1. The van der Waals surface area contributed by atoms with E-state index in [2.05, 4.69) is 5.32 Å². The fourth-order valence-electron chi connectivity index (χ4n) is 4.81. The number of hydrogen-bond acceptors (Lipinski definition) is 4. The first-order valence-corrected chi connectivity index (χ1v) is 10.9. The molecule has 4 rings (SSSR count). The molecular weight excluding hydrogens is 394 g/mol. The number of nitrogens with zero attached hydrogens (tertiary/aromatic N) is 2. The fourth-order valence-corrected chi connectivity index (χ4v) is 4.81. The first-order chi connectivity index (χ1) is 15.0. The molecule has 7 nitrogen and oxygen atoms in total. The predicted octanol–water partition coefficient (Wildman–Crippen LogP) is 1.94. The van der Waals surface area contributed by atoms with Crippen LogP contribution in [-0.4, -0.2) is 48.0 Å². The molecular formula is C24H29N3O4. The van der Waals surface area contributed by atoms with E-state index in [1.807, 2.05) is 39.8 Å². The van der Waals surface area contributed by atoms with Crippen molar-refractivity contribution in [2.24, 2.45) is 5.92 Å². The molecule has 1 aromatic heterocycles. The van der Waals surface area contributed by atoms with Crippen molar-refractivity contribution in [3.63, 3.8) is 0 Å². The van der Waals surface area contributed by atoms with Gasteiger partial charge in [0.2, 0.25) is 11.8 Å². The number of rotatable bonds is 7. The van der Waals surface area contributed by atoms with Crippen LogP contribution in [0, 0.1) is 5.92 Å². The highest BCUT2D eigenvalue weighted by atomic mass is 16.5.